The van der Waals surface area contributed by atoms with Crippen molar-refractivity contribution in [3.8, 4) is 39.7 Å². The lowest BCUT2D eigenvalue weighted by Crippen LogP contribution is -1.98. The molecule has 2 heterocycles. The Morgan fingerprint density at radius 3 is 1.86 bits per heavy atom. The highest BCUT2D eigenvalue weighted by atomic mass is 15.0. The van der Waals surface area contributed by atoms with Crippen LogP contribution in [0.2, 0.25) is 0 Å². The molecule has 0 fully saturated rings. The lowest BCUT2D eigenvalue weighted by molar-refractivity contribution is 1.18. The molecular weight excluding hydrogens is 611 g/mol. The zero-order valence-electron chi connectivity index (χ0n) is 26.7. The average molecular weight is 636 g/mol. The van der Waals surface area contributed by atoms with Gasteiger partial charge in [0, 0.05) is 27.4 Å². The van der Waals surface area contributed by atoms with E-state index < -0.39 is 0 Å². The van der Waals surface area contributed by atoms with E-state index in [-0.39, 0.29) is 0 Å². The zero-order valence-corrected chi connectivity index (χ0v) is 26.7. The molecule has 0 radical (unpaired) electrons. The molecule has 0 spiro atoms. The van der Waals surface area contributed by atoms with E-state index in [2.05, 4.69) is 91.6 Å². The third-order valence-corrected chi connectivity index (χ3v) is 9.57. The summed E-state index contributed by atoms with van der Waals surface area (Å²) in [4.78, 5) is 7.54. The smallest absolute Gasteiger partial charge is 0.188 e. The van der Waals surface area contributed by atoms with Gasteiger partial charge in [0.25, 0.3) is 0 Å². The van der Waals surface area contributed by atoms with E-state index in [0.717, 1.165) is 77.2 Å². The fourth-order valence-corrected chi connectivity index (χ4v) is 7.40. The van der Waals surface area contributed by atoms with Gasteiger partial charge < -0.3 is 9.13 Å². The van der Waals surface area contributed by atoms with Crippen molar-refractivity contribution in [1.29, 1.82) is 5.26 Å². The second kappa shape index (κ2) is 11.4. The molecule has 0 bridgehead atoms. The molecule has 0 amide bonds. The van der Waals surface area contributed by atoms with E-state index in [1.165, 1.54) is 0 Å². The summed E-state index contributed by atoms with van der Waals surface area (Å²) in [6.07, 6.45) is 0. The van der Waals surface area contributed by atoms with Crippen molar-refractivity contribution in [2.75, 3.05) is 0 Å². The van der Waals surface area contributed by atoms with Gasteiger partial charge in [-0.15, -0.1) is 0 Å². The highest BCUT2D eigenvalue weighted by Crippen LogP contribution is 2.42. The van der Waals surface area contributed by atoms with Crippen molar-refractivity contribution in [2.45, 2.75) is 0 Å². The van der Waals surface area contributed by atoms with Gasteiger partial charge in [-0.3, -0.25) is 0 Å². The van der Waals surface area contributed by atoms with Gasteiger partial charge in [-0.2, -0.15) is 5.26 Å². The number of hydrogen-bond donors (Lipinski definition) is 0. The standard InChI is InChI=1S/C45H25N5/c1-47-31-19-21-34(30-10-9-11-33(25-30)49-41-15-6-4-13-36(41)39-24-29(28-46)18-22-44(39)49)38(26-31)35-12-3-7-16-42(35)50-43-17-8-5-14-37(43)40-27-32(48-2)20-23-45(40)50/h3-27H. The third kappa shape index (κ3) is 4.38. The number of nitriles is 1. The second-order valence-corrected chi connectivity index (χ2v) is 12.3. The number of aromatic nitrogens is 2. The highest BCUT2D eigenvalue weighted by molar-refractivity contribution is 6.11. The van der Waals surface area contributed by atoms with Crippen molar-refractivity contribution in [2.24, 2.45) is 0 Å². The van der Waals surface area contributed by atoms with Gasteiger partial charge >= 0.3 is 0 Å². The fourth-order valence-electron chi connectivity index (χ4n) is 7.40. The monoisotopic (exact) mass is 635 g/mol. The van der Waals surface area contributed by atoms with Crippen molar-refractivity contribution in [3.05, 3.63) is 180 Å². The largest absolute Gasteiger partial charge is 0.309 e. The minimum Gasteiger partial charge on any atom is -0.309 e. The maximum absolute atomic E-state index is 9.63. The molecule has 230 valence electrons. The van der Waals surface area contributed by atoms with Crippen LogP contribution in [-0.4, -0.2) is 9.13 Å². The first-order valence-electron chi connectivity index (χ1n) is 16.2. The van der Waals surface area contributed by atoms with Crippen LogP contribution >= 0.6 is 0 Å². The summed E-state index contributed by atoms with van der Waals surface area (Å²) in [6, 6.07) is 53.4. The molecule has 0 aliphatic carbocycles. The number of hydrogen-bond acceptors (Lipinski definition) is 1. The van der Waals surface area contributed by atoms with Crippen molar-refractivity contribution >= 4 is 55.0 Å². The lowest BCUT2D eigenvalue weighted by Gasteiger charge is -2.18. The molecule has 0 saturated heterocycles. The van der Waals surface area contributed by atoms with Gasteiger partial charge in [0.2, 0.25) is 0 Å². The quantitative estimate of drug-likeness (QED) is 0.177. The predicted molar refractivity (Wildman–Crippen MR) is 203 cm³/mol. The Balaban J connectivity index is 1.28. The first kappa shape index (κ1) is 28.8. The molecule has 0 N–H and O–H groups in total. The molecule has 7 aromatic carbocycles. The van der Waals surface area contributed by atoms with Crippen LogP contribution in [0.5, 0.6) is 0 Å². The minimum atomic E-state index is 0.564. The summed E-state index contributed by atoms with van der Waals surface area (Å²) in [5, 5.41) is 13.9. The van der Waals surface area contributed by atoms with E-state index in [9.17, 15) is 5.26 Å². The van der Waals surface area contributed by atoms with Crippen molar-refractivity contribution < 1.29 is 0 Å². The molecule has 0 unspecified atom stereocenters. The third-order valence-electron chi connectivity index (χ3n) is 9.57. The summed E-state index contributed by atoms with van der Waals surface area (Å²) in [5.74, 6) is 0. The van der Waals surface area contributed by atoms with Gasteiger partial charge in [-0.25, -0.2) is 9.69 Å². The Morgan fingerprint density at radius 1 is 0.460 bits per heavy atom. The first-order chi connectivity index (χ1) is 24.7. The normalized spacial score (nSPS) is 11.1. The molecule has 50 heavy (non-hydrogen) atoms. The van der Waals surface area contributed by atoms with Crippen LogP contribution in [0.25, 0.3) is 86.9 Å². The topological polar surface area (TPSA) is 42.4 Å². The van der Waals surface area contributed by atoms with Gasteiger partial charge in [0.1, 0.15) is 0 Å². The van der Waals surface area contributed by atoms with E-state index in [4.69, 9.17) is 13.1 Å². The summed E-state index contributed by atoms with van der Waals surface area (Å²) < 4.78 is 4.53. The minimum absolute atomic E-state index is 0.564. The summed E-state index contributed by atoms with van der Waals surface area (Å²) in [6.45, 7) is 15.5. The SMILES string of the molecule is [C-]#[N+]c1ccc(-c2cccc(-n3c4ccccc4c4cc(C#N)ccc43)c2)c(-c2ccccc2-n2c3ccccc3c3cc([N+]#[C-])ccc32)c1. The summed E-state index contributed by atoms with van der Waals surface area (Å²) >= 11 is 0. The van der Waals surface area contributed by atoms with Crippen LogP contribution < -0.4 is 0 Å². The Morgan fingerprint density at radius 2 is 1.08 bits per heavy atom. The molecule has 0 aliphatic heterocycles. The van der Waals surface area contributed by atoms with Gasteiger partial charge in [0.05, 0.1) is 52.5 Å². The van der Waals surface area contributed by atoms with Crippen LogP contribution in [-0.2, 0) is 0 Å². The van der Waals surface area contributed by atoms with Gasteiger partial charge in [-0.1, -0.05) is 84.9 Å². The highest BCUT2D eigenvalue weighted by Gasteiger charge is 2.19. The van der Waals surface area contributed by atoms with Gasteiger partial charge in [-0.05, 0) is 88.8 Å². The number of nitrogens with zero attached hydrogens (tertiary/aromatic N) is 5. The molecular formula is C45H25N5. The maximum atomic E-state index is 9.63. The van der Waals surface area contributed by atoms with Gasteiger partial charge in [0.15, 0.2) is 11.4 Å². The fraction of sp³-hybridized carbons (Fsp3) is 0. The number of rotatable bonds is 4. The van der Waals surface area contributed by atoms with E-state index >= 15 is 0 Å². The Hall–Kier alpha value is -7.39. The van der Waals surface area contributed by atoms with Crippen LogP contribution in [0.1, 0.15) is 5.56 Å². The molecule has 9 aromatic rings. The second-order valence-electron chi connectivity index (χ2n) is 12.3. The zero-order chi connectivity index (χ0) is 33.8. The molecule has 5 heteroatoms. The van der Waals surface area contributed by atoms with E-state index in [1.54, 1.807) is 0 Å². The molecule has 9 rings (SSSR count). The molecule has 0 saturated carbocycles. The Kier molecular flexibility index (Phi) is 6.56. The van der Waals surface area contributed by atoms with Crippen LogP contribution in [0, 0.1) is 24.5 Å². The molecule has 0 aliphatic rings. The lowest BCUT2D eigenvalue weighted by atomic mass is 9.92. The Labute approximate surface area is 288 Å². The van der Waals surface area contributed by atoms with Crippen molar-refractivity contribution in [3.63, 3.8) is 0 Å². The summed E-state index contributed by atoms with van der Waals surface area (Å²) in [7, 11) is 0. The number of fused-ring (bicyclic) bond motifs is 6. The number of para-hydroxylation sites is 3. The molecule has 5 nitrogen and oxygen atoms in total. The first-order valence-corrected chi connectivity index (χ1v) is 16.2. The van der Waals surface area contributed by atoms with E-state index in [0.29, 0.717) is 16.9 Å². The maximum Gasteiger partial charge on any atom is 0.188 e. The van der Waals surface area contributed by atoms with Crippen LogP contribution in [0.15, 0.2) is 152 Å². The predicted octanol–water partition coefficient (Wildman–Crippen LogP) is 12.2. The van der Waals surface area contributed by atoms with Crippen LogP contribution in [0.3, 0.4) is 0 Å². The Bertz CT molecular complexity index is 2970. The van der Waals surface area contributed by atoms with Crippen molar-refractivity contribution in [1.82, 2.24) is 9.13 Å². The van der Waals surface area contributed by atoms with Crippen LogP contribution in [0.4, 0.5) is 11.4 Å². The van der Waals surface area contributed by atoms with E-state index in [1.807, 2.05) is 84.9 Å². The average Bonchev–Trinajstić information content (AvgIpc) is 3.69. The summed E-state index contributed by atoms with van der Waals surface area (Å²) in [5.41, 5.74) is 11.9. The number of benzene rings is 7. The molecule has 2 aromatic heterocycles. The molecule has 0 atom stereocenters.